The quantitative estimate of drug-likeness (QED) is 0.530. The first kappa shape index (κ1) is 22.1. The van der Waals surface area contributed by atoms with Crippen molar-refractivity contribution in [2.24, 2.45) is 0 Å². The van der Waals surface area contributed by atoms with Gasteiger partial charge in [0.25, 0.3) is 0 Å². The summed E-state index contributed by atoms with van der Waals surface area (Å²) in [6, 6.07) is 14.4. The highest BCUT2D eigenvalue weighted by Crippen LogP contribution is 2.47. The van der Waals surface area contributed by atoms with Gasteiger partial charge in [-0.15, -0.1) is 0 Å². The van der Waals surface area contributed by atoms with Crippen LogP contribution in [0.1, 0.15) is 37.7 Å². The number of hydrogen-bond acceptors (Lipinski definition) is 5. The Morgan fingerprint density at radius 1 is 1.09 bits per heavy atom. The molecule has 1 saturated heterocycles. The molecule has 8 nitrogen and oxygen atoms in total. The number of amides is 3. The molecule has 170 valence electrons. The smallest absolute Gasteiger partial charge is 0.323 e. The summed E-state index contributed by atoms with van der Waals surface area (Å²) < 4.78 is 12.1. The van der Waals surface area contributed by atoms with Gasteiger partial charge < -0.3 is 30.5 Å². The topological polar surface area (TPSA) is 109 Å². The second-order valence-corrected chi connectivity index (χ2v) is 8.16. The highest BCUT2D eigenvalue weighted by molar-refractivity contribution is 5.99. The molecule has 0 saturated carbocycles. The maximum Gasteiger partial charge on any atom is 0.323 e. The molecule has 0 radical (unpaired) electrons. The number of anilines is 2. The fraction of sp³-hybridized carbons (Fsp3) is 0.417. The van der Waals surface area contributed by atoms with E-state index in [1.165, 1.54) is 0 Å². The van der Waals surface area contributed by atoms with Gasteiger partial charge in [0.15, 0.2) is 0 Å². The summed E-state index contributed by atoms with van der Waals surface area (Å²) in [5.41, 5.74) is 2.30. The van der Waals surface area contributed by atoms with Crippen molar-refractivity contribution in [1.82, 2.24) is 5.32 Å². The summed E-state index contributed by atoms with van der Waals surface area (Å²) >= 11 is 0. The van der Waals surface area contributed by atoms with E-state index in [0.717, 1.165) is 12.0 Å². The maximum absolute atomic E-state index is 12.4. The minimum absolute atomic E-state index is 0.0289. The lowest BCUT2D eigenvalue weighted by Gasteiger charge is -2.37. The first-order valence-electron chi connectivity index (χ1n) is 11.0. The van der Waals surface area contributed by atoms with Gasteiger partial charge in [0, 0.05) is 29.4 Å². The van der Waals surface area contributed by atoms with Gasteiger partial charge in [0.1, 0.15) is 18.0 Å². The summed E-state index contributed by atoms with van der Waals surface area (Å²) in [5.74, 6) is 0.630. The molecule has 0 aromatic heterocycles. The molecular weight excluding hydrogens is 410 g/mol. The van der Waals surface area contributed by atoms with Gasteiger partial charge in [-0.1, -0.05) is 25.1 Å². The Bertz CT molecular complexity index is 952. The van der Waals surface area contributed by atoms with Gasteiger partial charge >= 0.3 is 6.03 Å². The Balaban J connectivity index is 1.45. The van der Waals surface area contributed by atoms with Gasteiger partial charge in [-0.3, -0.25) is 4.79 Å². The number of benzene rings is 2. The van der Waals surface area contributed by atoms with Crippen molar-refractivity contribution in [2.45, 2.75) is 50.4 Å². The average Bonchev–Trinajstić information content (AvgIpc) is 3.15. The Morgan fingerprint density at radius 2 is 1.88 bits per heavy atom. The van der Waals surface area contributed by atoms with Crippen molar-refractivity contribution < 1.29 is 24.2 Å². The average molecular weight is 440 g/mol. The van der Waals surface area contributed by atoms with Crippen LogP contribution < -0.4 is 20.7 Å². The van der Waals surface area contributed by atoms with E-state index in [1.807, 2.05) is 49.4 Å². The summed E-state index contributed by atoms with van der Waals surface area (Å²) in [7, 11) is 0. The van der Waals surface area contributed by atoms with Crippen LogP contribution >= 0.6 is 0 Å². The van der Waals surface area contributed by atoms with Crippen molar-refractivity contribution in [1.29, 1.82) is 0 Å². The van der Waals surface area contributed by atoms with E-state index in [1.54, 1.807) is 6.07 Å². The van der Waals surface area contributed by atoms with Crippen molar-refractivity contribution in [2.75, 3.05) is 23.8 Å². The molecule has 0 aliphatic carbocycles. The Kier molecular flexibility index (Phi) is 6.92. The molecule has 32 heavy (non-hydrogen) atoms. The molecule has 2 aliphatic rings. The number of hydrogen-bond donors (Lipinski definition) is 4. The fourth-order valence-electron chi connectivity index (χ4n) is 4.33. The molecule has 8 heteroatoms. The summed E-state index contributed by atoms with van der Waals surface area (Å²) in [6.07, 6.45) is 0.578. The van der Waals surface area contributed by atoms with Gasteiger partial charge in [0.2, 0.25) is 5.91 Å². The standard InChI is InChI=1S/C24H29N3O5/c1-2-10-25-22(29)13-17-12-19-18-11-16(27-24(30)26-15-6-4-3-5-7-15)8-9-20(18)32-23(19)21(14-28)31-17/h3-9,11,17,19,21,23,28H,2,10,12-14H2,1H3,(H,25,29)(H2,26,27,30)/t17-,19-,21-,23+/m1/s1. The highest BCUT2D eigenvalue weighted by atomic mass is 16.6. The van der Waals surface area contributed by atoms with Crippen LogP contribution in [0.3, 0.4) is 0 Å². The zero-order chi connectivity index (χ0) is 22.5. The van der Waals surface area contributed by atoms with Crippen LogP contribution in [0.15, 0.2) is 48.5 Å². The van der Waals surface area contributed by atoms with Crippen LogP contribution in [0, 0.1) is 0 Å². The predicted octanol–water partition coefficient (Wildman–Crippen LogP) is 3.24. The van der Waals surface area contributed by atoms with Crippen LogP contribution in [-0.2, 0) is 9.53 Å². The Labute approximate surface area is 187 Å². The number of rotatable bonds is 7. The summed E-state index contributed by atoms with van der Waals surface area (Å²) in [5, 5.41) is 18.4. The van der Waals surface area contributed by atoms with Crippen LogP contribution in [0.4, 0.5) is 16.2 Å². The zero-order valence-electron chi connectivity index (χ0n) is 18.0. The lowest BCUT2D eigenvalue weighted by Crippen LogP contribution is -2.47. The van der Waals surface area contributed by atoms with Crippen LogP contribution in [0.25, 0.3) is 0 Å². The fourth-order valence-corrected chi connectivity index (χ4v) is 4.33. The number of fused-ring (bicyclic) bond motifs is 3. The lowest BCUT2D eigenvalue weighted by atomic mass is 9.84. The molecule has 4 rings (SSSR count). The van der Waals surface area contributed by atoms with Crippen molar-refractivity contribution in [3.8, 4) is 5.75 Å². The van der Waals surface area contributed by atoms with E-state index in [4.69, 9.17) is 9.47 Å². The van der Waals surface area contributed by atoms with Crippen LogP contribution in [0.2, 0.25) is 0 Å². The Hall–Kier alpha value is -3.10. The molecule has 3 amide bonds. The summed E-state index contributed by atoms with van der Waals surface area (Å²) in [6.45, 7) is 2.45. The van der Waals surface area contributed by atoms with Gasteiger partial charge in [0.05, 0.1) is 19.1 Å². The number of nitrogens with one attached hydrogen (secondary N) is 3. The van der Waals surface area contributed by atoms with Crippen LogP contribution in [0.5, 0.6) is 5.75 Å². The van der Waals surface area contributed by atoms with E-state index < -0.39 is 6.10 Å². The molecule has 2 aliphatic heterocycles. The largest absolute Gasteiger partial charge is 0.487 e. The first-order chi connectivity index (χ1) is 15.6. The van der Waals surface area contributed by atoms with Crippen molar-refractivity contribution in [3.63, 3.8) is 0 Å². The molecule has 4 atom stereocenters. The third-order valence-corrected chi connectivity index (χ3v) is 5.77. The van der Waals surface area contributed by atoms with E-state index in [2.05, 4.69) is 16.0 Å². The number of ether oxygens (including phenoxy) is 2. The van der Waals surface area contributed by atoms with E-state index in [0.29, 0.717) is 30.1 Å². The van der Waals surface area contributed by atoms with Gasteiger partial charge in [-0.2, -0.15) is 0 Å². The van der Waals surface area contributed by atoms with E-state index in [-0.39, 0.29) is 43.1 Å². The summed E-state index contributed by atoms with van der Waals surface area (Å²) in [4.78, 5) is 24.6. The molecule has 0 spiro atoms. The minimum atomic E-state index is -0.511. The molecule has 2 aromatic carbocycles. The maximum atomic E-state index is 12.4. The second kappa shape index (κ2) is 10.0. The Morgan fingerprint density at radius 3 is 2.62 bits per heavy atom. The minimum Gasteiger partial charge on any atom is -0.487 e. The predicted molar refractivity (Wildman–Crippen MR) is 121 cm³/mol. The third-order valence-electron chi connectivity index (χ3n) is 5.77. The van der Waals surface area contributed by atoms with Gasteiger partial charge in [-0.05, 0) is 43.2 Å². The van der Waals surface area contributed by atoms with E-state index in [9.17, 15) is 14.7 Å². The lowest BCUT2D eigenvalue weighted by molar-refractivity contribution is -0.142. The number of carbonyl (C=O) groups excluding carboxylic acids is 2. The molecule has 4 N–H and O–H groups in total. The SMILES string of the molecule is CCCNC(=O)C[C@H]1C[C@@H]2c3cc(NC(=O)Nc4ccccc4)ccc3O[C@@H]2[C@@H](CO)O1. The zero-order valence-corrected chi connectivity index (χ0v) is 18.0. The second-order valence-electron chi connectivity index (χ2n) is 8.16. The number of aliphatic hydroxyl groups is 1. The number of carbonyl (C=O) groups is 2. The molecular formula is C24H29N3O5. The molecule has 0 bridgehead atoms. The van der Waals surface area contributed by atoms with E-state index >= 15 is 0 Å². The molecule has 2 aromatic rings. The molecule has 0 unspecified atom stereocenters. The monoisotopic (exact) mass is 439 g/mol. The third kappa shape index (κ3) is 5.03. The number of urea groups is 1. The van der Waals surface area contributed by atoms with Gasteiger partial charge in [-0.25, -0.2) is 4.79 Å². The highest BCUT2D eigenvalue weighted by Gasteiger charge is 2.46. The van der Waals surface area contributed by atoms with Crippen LogP contribution in [-0.4, -0.2) is 48.5 Å². The first-order valence-corrected chi connectivity index (χ1v) is 11.0. The van der Waals surface area contributed by atoms with Crippen molar-refractivity contribution >= 4 is 23.3 Å². The molecule has 2 heterocycles. The molecule has 1 fully saturated rings. The van der Waals surface area contributed by atoms with Crippen molar-refractivity contribution in [3.05, 3.63) is 54.1 Å². The number of aliphatic hydroxyl groups excluding tert-OH is 1. The normalized spacial score (nSPS) is 23.4. The number of para-hydroxylation sites is 1.